The Morgan fingerprint density at radius 2 is 1.67 bits per heavy atom. The van der Waals surface area contributed by atoms with Crippen molar-refractivity contribution in [2.24, 2.45) is 0 Å². The second kappa shape index (κ2) is 10.3. The molecule has 6 heteroatoms. The first kappa shape index (κ1) is 22.6. The number of carboxylic acid groups (broad SMARTS) is 1. The molecular formula is C24H16ClNaO3S. The van der Waals surface area contributed by atoms with E-state index in [1.807, 2.05) is 60.0 Å². The molecule has 30 heavy (non-hydrogen) atoms. The zero-order chi connectivity index (χ0) is 20.2. The Morgan fingerprint density at radius 3 is 2.37 bits per heavy atom. The van der Waals surface area contributed by atoms with E-state index in [1.165, 1.54) is 0 Å². The molecule has 0 radical (unpaired) electrons. The molecule has 0 N–H and O–H groups in total. The Bertz CT molecular complexity index is 1140. The minimum Gasteiger partial charge on any atom is -0.545 e. The normalized spacial score (nSPS) is 10.3. The first-order valence-electron chi connectivity index (χ1n) is 8.98. The second-order valence-electron chi connectivity index (χ2n) is 6.44. The van der Waals surface area contributed by atoms with E-state index in [0.29, 0.717) is 11.6 Å². The van der Waals surface area contributed by atoms with Gasteiger partial charge in [0, 0.05) is 21.0 Å². The van der Waals surface area contributed by atoms with Gasteiger partial charge in [0.2, 0.25) is 0 Å². The van der Waals surface area contributed by atoms with Gasteiger partial charge in [-0.3, -0.25) is 0 Å². The first-order chi connectivity index (χ1) is 14.1. The fourth-order valence-electron chi connectivity index (χ4n) is 3.08. The van der Waals surface area contributed by atoms with Crippen LogP contribution in [0.3, 0.4) is 0 Å². The van der Waals surface area contributed by atoms with Gasteiger partial charge in [0.25, 0.3) is 0 Å². The van der Waals surface area contributed by atoms with Crippen LogP contribution in [0.2, 0.25) is 5.02 Å². The van der Waals surface area contributed by atoms with Crippen molar-refractivity contribution >= 4 is 28.9 Å². The molecule has 4 rings (SSSR count). The minimum atomic E-state index is -1.19. The number of carbonyl (C=O) groups is 1. The quantitative estimate of drug-likeness (QED) is 0.431. The van der Waals surface area contributed by atoms with Gasteiger partial charge in [0.1, 0.15) is 12.4 Å². The molecule has 0 aliphatic rings. The van der Waals surface area contributed by atoms with Crippen LogP contribution in [-0.4, -0.2) is 5.97 Å². The van der Waals surface area contributed by atoms with Crippen LogP contribution in [0.5, 0.6) is 5.75 Å². The van der Waals surface area contributed by atoms with Gasteiger partial charge >= 0.3 is 29.6 Å². The van der Waals surface area contributed by atoms with Crippen LogP contribution in [0.25, 0.3) is 21.6 Å². The summed E-state index contributed by atoms with van der Waals surface area (Å²) in [4.78, 5) is 12.0. The second-order valence-corrected chi connectivity index (χ2v) is 7.80. The molecule has 4 aromatic rings. The summed E-state index contributed by atoms with van der Waals surface area (Å²) >= 11 is 7.86. The fraction of sp³-hybridized carbons (Fsp3) is 0.0417. The molecule has 0 spiro atoms. The molecule has 1 aromatic heterocycles. The van der Waals surface area contributed by atoms with Gasteiger partial charge in [-0.05, 0) is 46.3 Å². The molecule has 0 saturated heterocycles. The number of hydrogen-bond acceptors (Lipinski definition) is 4. The Hall–Kier alpha value is -2.08. The summed E-state index contributed by atoms with van der Waals surface area (Å²) in [6.07, 6.45) is 0. The molecule has 3 nitrogen and oxygen atoms in total. The summed E-state index contributed by atoms with van der Waals surface area (Å²) in [6.45, 7) is 0.454. The maximum absolute atomic E-state index is 11.0. The molecule has 144 valence electrons. The first-order valence-corrected chi connectivity index (χ1v) is 10.2. The van der Waals surface area contributed by atoms with Gasteiger partial charge in [-0.1, -0.05) is 66.2 Å². The summed E-state index contributed by atoms with van der Waals surface area (Å²) in [5.74, 6) is -0.446. The van der Waals surface area contributed by atoms with E-state index in [-0.39, 0.29) is 35.1 Å². The van der Waals surface area contributed by atoms with Crippen LogP contribution in [0.15, 0.2) is 84.2 Å². The van der Waals surface area contributed by atoms with Crippen molar-refractivity contribution in [2.75, 3.05) is 0 Å². The third kappa shape index (κ3) is 5.15. The van der Waals surface area contributed by atoms with Gasteiger partial charge in [-0.2, -0.15) is 0 Å². The molecule has 0 aliphatic heterocycles. The smallest absolute Gasteiger partial charge is 0.545 e. The van der Waals surface area contributed by atoms with Crippen LogP contribution in [0.4, 0.5) is 0 Å². The maximum atomic E-state index is 11.0. The summed E-state index contributed by atoms with van der Waals surface area (Å²) in [7, 11) is 0. The Labute approximate surface area is 206 Å². The number of thiophene rings is 1. The van der Waals surface area contributed by atoms with Gasteiger partial charge in [-0.15, -0.1) is 11.3 Å². The van der Waals surface area contributed by atoms with E-state index in [1.54, 1.807) is 35.6 Å². The number of halogens is 1. The third-order valence-electron chi connectivity index (χ3n) is 4.52. The van der Waals surface area contributed by atoms with Crippen molar-refractivity contribution in [1.82, 2.24) is 0 Å². The van der Waals surface area contributed by atoms with Crippen LogP contribution < -0.4 is 39.4 Å². The molecule has 1 heterocycles. The predicted octanol–water partition coefficient (Wildman–Crippen LogP) is 2.68. The minimum absolute atomic E-state index is 0. The number of hydrogen-bond donors (Lipinski definition) is 0. The number of aromatic carboxylic acids is 1. The van der Waals surface area contributed by atoms with Crippen LogP contribution in [0, 0.1) is 0 Å². The van der Waals surface area contributed by atoms with Gasteiger partial charge in [0.15, 0.2) is 0 Å². The number of benzene rings is 3. The standard InChI is InChI=1S/C24H17ClO3S.Na/c25-19-10-11-22(28-15-16-4-2-1-3-5-16)21(14-19)20-12-13-29-23(20)17-6-8-18(9-7-17)24(26)27;/h1-14H,15H2,(H,26,27);/q;+1/p-1. The summed E-state index contributed by atoms with van der Waals surface area (Å²) in [6, 6.07) is 24.3. The fourth-order valence-corrected chi connectivity index (χ4v) is 4.17. The van der Waals surface area contributed by atoms with E-state index in [4.69, 9.17) is 16.3 Å². The van der Waals surface area contributed by atoms with Crippen molar-refractivity contribution in [3.63, 3.8) is 0 Å². The molecule has 0 atom stereocenters. The molecule has 0 aliphatic carbocycles. The van der Waals surface area contributed by atoms with Gasteiger partial charge in [0.05, 0.1) is 5.97 Å². The summed E-state index contributed by atoms with van der Waals surface area (Å²) in [5, 5.41) is 13.6. The number of ether oxygens (including phenoxy) is 1. The van der Waals surface area contributed by atoms with E-state index < -0.39 is 5.97 Å². The van der Waals surface area contributed by atoms with Crippen LogP contribution in [-0.2, 0) is 6.61 Å². The number of rotatable bonds is 6. The summed E-state index contributed by atoms with van der Waals surface area (Å²) in [5.41, 5.74) is 4.04. The van der Waals surface area contributed by atoms with Crippen molar-refractivity contribution < 1.29 is 44.2 Å². The van der Waals surface area contributed by atoms with Crippen molar-refractivity contribution in [3.8, 4) is 27.3 Å². The van der Waals surface area contributed by atoms with Crippen LogP contribution in [0.1, 0.15) is 15.9 Å². The Kier molecular flexibility index (Phi) is 7.75. The average molecular weight is 443 g/mol. The topological polar surface area (TPSA) is 49.4 Å². The molecule has 0 unspecified atom stereocenters. The molecular weight excluding hydrogens is 427 g/mol. The molecule has 0 bridgehead atoms. The zero-order valence-corrected chi connectivity index (χ0v) is 19.9. The van der Waals surface area contributed by atoms with Crippen LogP contribution >= 0.6 is 22.9 Å². The van der Waals surface area contributed by atoms with E-state index >= 15 is 0 Å². The van der Waals surface area contributed by atoms with Crippen molar-refractivity contribution in [1.29, 1.82) is 0 Å². The predicted molar refractivity (Wildman–Crippen MR) is 115 cm³/mol. The third-order valence-corrected chi connectivity index (χ3v) is 5.72. The SMILES string of the molecule is O=C([O-])c1ccc(-c2sccc2-c2cc(Cl)ccc2OCc2ccccc2)cc1.[Na+]. The molecule has 0 saturated carbocycles. The largest absolute Gasteiger partial charge is 1.00 e. The van der Waals surface area contributed by atoms with E-state index in [0.717, 1.165) is 32.9 Å². The Morgan fingerprint density at radius 1 is 0.933 bits per heavy atom. The van der Waals surface area contributed by atoms with E-state index in [9.17, 15) is 9.90 Å². The average Bonchev–Trinajstić information content (AvgIpc) is 3.23. The monoisotopic (exact) mass is 442 g/mol. The number of carboxylic acids is 1. The molecule has 3 aromatic carbocycles. The summed E-state index contributed by atoms with van der Waals surface area (Å²) < 4.78 is 6.10. The van der Waals surface area contributed by atoms with E-state index in [2.05, 4.69) is 0 Å². The van der Waals surface area contributed by atoms with Crippen molar-refractivity contribution in [3.05, 3.63) is 100 Å². The Balaban J connectivity index is 0.00000256. The zero-order valence-electron chi connectivity index (χ0n) is 16.3. The van der Waals surface area contributed by atoms with Gasteiger partial charge in [-0.25, -0.2) is 0 Å². The van der Waals surface area contributed by atoms with Gasteiger partial charge < -0.3 is 14.6 Å². The molecule has 0 fully saturated rings. The maximum Gasteiger partial charge on any atom is 1.00 e. The number of carbonyl (C=O) groups excluding carboxylic acids is 1. The van der Waals surface area contributed by atoms with Crippen molar-refractivity contribution in [2.45, 2.75) is 6.61 Å². The molecule has 0 amide bonds.